The van der Waals surface area contributed by atoms with Gasteiger partial charge in [0.2, 0.25) is 0 Å². The maximum Gasteiger partial charge on any atom is 0.195 e. The summed E-state index contributed by atoms with van der Waals surface area (Å²) < 4.78 is 39.1. The lowest BCUT2D eigenvalue weighted by Gasteiger charge is -2.17. The second-order valence-electron chi connectivity index (χ2n) is 4.17. The molecule has 0 spiro atoms. The van der Waals surface area contributed by atoms with Gasteiger partial charge in [0.25, 0.3) is 0 Å². The Hall–Kier alpha value is -1.36. The summed E-state index contributed by atoms with van der Waals surface area (Å²) in [7, 11) is 0. The molecule has 0 aromatic heterocycles. The van der Waals surface area contributed by atoms with Crippen LogP contribution < -0.4 is 5.73 Å². The molecule has 17 heavy (non-hydrogen) atoms. The number of carbonyl (C=O) groups excluding carboxylic acids is 1. The van der Waals surface area contributed by atoms with Gasteiger partial charge < -0.3 is 5.73 Å². The van der Waals surface area contributed by atoms with Gasteiger partial charge in [0.05, 0.1) is 5.56 Å². The number of hydrogen-bond donors (Lipinski definition) is 1. The van der Waals surface area contributed by atoms with E-state index in [2.05, 4.69) is 0 Å². The maximum absolute atomic E-state index is 13.4. The van der Waals surface area contributed by atoms with Crippen LogP contribution in [0.5, 0.6) is 0 Å². The van der Waals surface area contributed by atoms with Gasteiger partial charge in [-0.05, 0) is 18.1 Å². The first-order chi connectivity index (χ1) is 7.90. The molecule has 1 aromatic rings. The van der Waals surface area contributed by atoms with E-state index in [1.807, 2.05) is 0 Å². The lowest BCUT2D eigenvalue weighted by molar-refractivity contribution is 0.0886. The van der Waals surface area contributed by atoms with Crippen molar-refractivity contribution >= 4 is 5.78 Å². The maximum atomic E-state index is 13.4. The molecule has 0 aliphatic carbocycles. The number of nitrogens with two attached hydrogens (primary N) is 1. The number of hydrogen-bond acceptors (Lipinski definition) is 2. The van der Waals surface area contributed by atoms with Crippen LogP contribution in [0.15, 0.2) is 12.1 Å². The van der Waals surface area contributed by atoms with E-state index in [1.54, 1.807) is 13.8 Å². The first kappa shape index (κ1) is 13.7. The third kappa shape index (κ3) is 2.66. The van der Waals surface area contributed by atoms with Crippen molar-refractivity contribution in [3.05, 3.63) is 35.1 Å². The zero-order valence-corrected chi connectivity index (χ0v) is 9.64. The van der Waals surface area contributed by atoms with Crippen LogP contribution in [0.3, 0.4) is 0 Å². The van der Waals surface area contributed by atoms with Gasteiger partial charge in [0, 0.05) is 12.5 Å². The summed E-state index contributed by atoms with van der Waals surface area (Å²) in [4.78, 5) is 11.9. The number of benzene rings is 1. The molecule has 0 saturated carbocycles. The minimum Gasteiger partial charge on any atom is -0.330 e. The highest BCUT2D eigenvalue weighted by molar-refractivity contribution is 5.98. The van der Waals surface area contributed by atoms with Crippen molar-refractivity contribution in [3.8, 4) is 0 Å². The molecule has 1 aromatic carbocycles. The molecule has 0 radical (unpaired) electrons. The SMILES string of the molecule is CC(C)C(CN)C(=O)c1ccc(F)c(F)c1F. The van der Waals surface area contributed by atoms with Gasteiger partial charge >= 0.3 is 0 Å². The zero-order valence-electron chi connectivity index (χ0n) is 9.64. The Balaban J connectivity index is 3.17. The minimum absolute atomic E-state index is 0.0366. The molecule has 5 heteroatoms. The Labute approximate surface area is 97.6 Å². The standard InChI is InChI=1S/C12H14F3NO/c1-6(2)8(5-16)12(17)7-3-4-9(13)11(15)10(7)14/h3-4,6,8H,5,16H2,1-2H3. The molecular formula is C12H14F3NO. The van der Waals surface area contributed by atoms with E-state index in [1.165, 1.54) is 0 Å². The van der Waals surface area contributed by atoms with Crippen LogP contribution in [0, 0.1) is 29.3 Å². The fourth-order valence-corrected chi connectivity index (χ4v) is 1.60. The lowest BCUT2D eigenvalue weighted by atomic mass is 9.88. The molecule has 1 atom stereocenters. The van der Waals surface area contributed by atoms with Crippen LogP contribution in [0.25, 0.3) is 0 Å². The highest BCUT2D eigenvalue weighted by atomic mass is 19.2. The lowest BCUT2D eigenvalue weighted by Crippen LogP contribution is -2.29. The molecule has 1 rings (SSSR count). The van der Waals surface area contributed by atoms with Gasteiger partial charge in [-0.25, -0.2) is 13.2 Å². The van der Waals surface area contributed by atoms with E-state index in [0.717, 1.165) is 12.1 Å². The van der Waals surface area contributed by atoms with Crippen LogP contribution in [-0.4, -0.2) is 12.3 Å². The van der Waals surface area contributed by atoms with Crippen molar-refractivity contribution in [3.63, 3.8) is 0 Å². The number of carbonyl (C=O) groups is 1. The Bertz CT molecular complexity index is 432. The summed E-state index contributed by atoms with van der Waals surface area (Å²) in [5, 5.41) is 0. The Morgan fingerprint density at radius 3 is 2.29 bits per heavy atom. The van der Waals surface area contributed by atoms with Crippen LogP contribution in [-0.2, 0) is 0 Å². The van der Waals surface area contributed by atoms with Crippen LogP contribution in [0.2, 0.25) is 0 Å². The minimum atomic E-state index is -1.63. The molecule has 0 saturated heterocycles. The number of halogens is 3. The van der Waals surface area contributed by atoms with E-state index in [-0.39, 0.29) is 12.5 Å². The highest BCUT2D eigenvalue weighted by Gasteiger charge is 2.26. The van der Waals surface area contributed by atoms with E-state index in [0.29, 0.717) is 0 Å². The van der Waals surface area contributed by atoms with E-state index >= 15 is 0 Å². The van der Waals surface area contributed by atoms with Crippen LogP contribution >= 0.6 is 0 Å². The van der Waals surface area contributed by atoms with Crippen molar-refractivity contribution in [2.24, 2.45) is 17.6 Å². The molecule has 0 bridgehead atoms. The fourth-order valence-electron chi connectivity index (χ4n) is 1.60. The first-order valence-corrected chi connectivity index (χ1v) is 5.27. The fraction of sp³-hybridized carbons (Fsp3) is 0.417. The van der Waals surface area contributed by atoms with Crippen molar-refractivity contribution in [2.45, 2.75) is 13.8 Å². The first-order valence-electron chi connectivity index (χ1n) is 5.27. The average Bonchev–Trinajstić information content (AvgIpc) is 2.26. The predicted octanol–water partition coefficient (Wildman–Crippen LogP) is 2.52. The zero-order chi connectivity index (χ0) is 13.2. The van der Waals surface area contributed by atoms with Gasteiger partial charge in [-0.1, -0.05) is 13.8 Å². The second-order valence-corrected chi connectivity index (χ2v) is 4.17. The quantitative estimate of drug-likeness (QED) is 0.654. The monoisotopic (exact) mass is 245 g/mol. The molecule has 0 heterocycles. The van der Waals surface area contributed by atoms with E-state index < -0.39 is 34.7 Å². The molecule has 0 amide bonds. The number of ketones is 1. The molecule has 0 aliphatic heterocycles. The van der Waals surface area contributed by atoms with Gasteiger partial charge in [-0.2, -0.15) is 0 Å². The summed E-state index contributed by atoms with van der Waals surface area (Å²) in [6.07, 6.45) is 0. The predicted molar refractivity (Wildman–Crippen MR) is 58.0 cm³/mol. The van der Waals surface area contributed by atoms with Crippen molar-refractivity contribution in [1.82, 2.24) is 0 Å². The van der Waals surface area contributed by atoms with Gasteiger partial charge in [0.15, 0.2) is 23.2 Å². The van der Waals surface area contributed by atoms with Crippen molar-refractivity contribution < 1.29 is 18.0 Å². The largest absolute Gasteiger partial charge is 0.330 e. The number of Topliss-reactive ketones (excluding diaryl/α,β-unsaturated/α-hetero) is 1. The molecule has 1 unspecified atom stereocenters. The number of rotatable bonds is 4. The van der Waals surface area contributed by atoms with Gasteiger partial charge in [-0.3, -0.25) is 4.79 Å². The van der Waals surface area contributed by atoms with Gasteiger partial charge in [-0.15, -0.1) is 0 Å². The molecule has 2 N–H and O–H groups in total. The second kappa shape index (κ2) is 5.31. The molecule has 2 nitrogen and oxygen atoms in total. The summed E-state index contributed by atoms with van der Waals surface area (Å²) in [5.41, 5.74) is 4.97. The van der Waals surface area contributed by atoms with E-state index in [4.69, 9.17) is 5.73 Å². The summed E-state index contributed by atoms with van der Waals surface area (Å²) in [5.74, 6) is -5.69. The third-order valence-electron chi connectivity index (χ3n) is 2.70. The van der Waals surface area contributed by atoms with Crippen molar-refractivity contribution in [1.29, 1.82) is 0 Å². The van der Waals surface area contributed by atoms with Crippen molar-refractivity contribution in [2.75, 3.05) is 6.54 Å². The summed E-state index contributed by atoms with van der Waals surface area (Å²) in [6, 6.07) is 1.68. The molecule has 0 fully saturated rings. The summed E-state index contributed by atoms with van der Waals surface area (Å²) >= 11 is 0. The smallest absolute Gasteiger partial charge is 0.195 e. The Morgan fingerprint density at radius 2 is 1.82 bits per heavy atom. The Morgan fingerprint density at radius 1 is 1.24 bits per heavy atom. The normalized spacial score (nSPS) is 12.9. The Kier molecular flexibility index (Phi) is 4.28. The molecule has 0 aliphatic rings. The topological polar surface area (TPSA) is 43.1 Å². The summed E-state index contributed by atoms with van der Waals surface area (Å²) in [6.45, 7) is 3.55. The van der Waals surface area contributed by atoms with Gasteiger partial charge in [0.1, 0.15) is 0 Å². The van der Waals surface area contributed by atoms with Crippen LogP contribution in [0.1, 0.15) is 24.2 Å². The molecule has 94 valence electrons. The average molecular weight is 245 g/mol. The third-order valence-corrected chi connectivity index (χ3v) is 2.70. The highest BCUT2D eigenvalue weighted by Crippen LogP contribution is 2.21. The van der Waals surface area contributed by atoms with Crippen LogP contribution in [0.4, 0.5) is 13.2 Å². The molecular weight excluding hydrogens is 231 g/mol. The van der Waals surface area contributed by atoms with E-state index in [9.17, 15) is 18.0 Å².